The summed E-state index contributed by atoms with van der Waals surface area (Å²) < 4.78 is 13.0. The van der Waals surface area contributed by atoms with E-state index in [-0.39, 0.29) is 11.8 Å². The van der Waals surface area contributed by atoms with E-state index in [0.29, 0.717) is 42.5 Å². The highest BCUT2D eigenvalue weighted by Gasteiger charge is 2.24. The van der Waals surface area contributed by atoms with Gasteiger partial charge in [0.15, 0.2) is 0 Å². The Balaban J connectivity index is 1.39. The highest BCUT2D eigenvalue weighted by atomic mass is 35.5. The van der Waals surface area contributed by atoms with E-state index in [1.165, 1.54) is 24.3 Å². The third-order valence-electron chi connectivity index (χ3n) is 5.60. The van der Waals surface area contributed by atoms with E-state index < -0.39 is 5.82 Å². The zero-order valence-corrected chi connectivity index (χ0v) is 18.4. The number of benzene rings is 3. The highest BCUT2D eigenvalue weighted by Crippen LogP contribution is 2.30. The Labute approximate surface area is 191 Å². The summed E-state index contributed by atoms with van der Waals surface area (Å²) in [7, 11) is 0. The molecule has 4 rings (SSSR count). The first-order valence-corrected chi connectivity index (χ1v) is 10.8. The van der Waals surface area contributed by atoms with Crippen molar-refractivity contribution in [3.05, 3.63) is 94.3 Å². The first kappa shape index (κ1) is 21.8. The van der Waals surface area contributed by atoms with Crippen LogP contribution in [0.25, 0.3) is 0 Å². The highest BCUT2D eigenvalue weighted by molar-refractivity contribution is 6.33. The molecule has 0 unspecified atom stereocenters. The Hall–Kier alpha value is -3.38. The summed E-state index contributed by atoms with van der Waals surface area (Å²) in [6.45, 7) is 4.48. The van der Waals surface area contributed by atoms with Crippen LogP contribution < -0.4 is 10.2 Å². The van der Waals surface area contributed by atoms with E-state index in [0.717, 1.165) is 16.8 Å². The summed E-state index contributed by atoms with van der Waals surface area (Å²) in [5.41, 5.74) is 3.48. The zero-order valence-electron chi connectivity index (χ0n) is 17.6. The number of halogens is 2. The third-order valence-corrected chi connectivity index (χ3v) is 5.90. The second-order valence-corrected chi connectivity index (χ2v) is 8.13. The second-order valence-electron chi connectivity index (χ2n) is 7.72. The van der Waals surface area contributed by atoms with Crippen molar-refractivity contribution in [2.45, 2.75) is 6.92 Å². The van der Waals surface area contributed by atoms with Gasteiger partial charge >= 0.3 is 0 Å². The van der Waals surface area contributed by atoms with E-state index >= 15 is 0 Å². The molecule has 5 nitrogen and oxygen atoms in total. The van der Waals surface area contributed by atoms with Gasteiger partial charge in [-0.25, -0.2) is 4.39 Å². The lowest BCUT2D eigenvalue weighted by Crippen LogP contribution is -2.49. The number of hydrogen-bond acceptors (Lipinski definition) is 3. The summed E-state index contributed by atoms with van der Waals surface area (Å²) in [6, 6.07) is 18.3. The van der Waals surface area contributed by atoms with Crippen LogP contribution in [0.5, 0.6) is 0 Å². The third kappa shape index (κ3) is 4.75. The molecule has 1 fully saturated rings. The molecule has 1 N–H and O–H groups in total. The van der Waals surface area contributed by atoms with Crippen molar-refractivity contribution in [2.75, 3.05) is 36.4 Å². The predicted molar refractivity (Wildman–Crippen MR) is 125 cm³/mol. The average Bonchev–Trinajstić information content (AvgIpc) is 2.80. The maximum absolute atomic E-state index is 13.0. The fourth-order valence-corrected chi connectivity index (χ4v) is 4.08. The number of piperazine rings is 1. The maximum Gasteiger partial charge on any atom is 0.255 e. The lowest BCUT2D eigenvalue weighted by molar-refractivity contribution is 0.0746. The molecule has 2 amide bonds. The number of nitrogens with one attached hydrogen (secondary N) is 1. The van der Waals surface area contributed by atoms with E-state index in [9.17, 15) is 14.0 Å². The van der Waals surface area contributed by atoms with Crippen LogP contribution in [-0.2, 0) is 0 Å². The van der Waals surface area contributed by atoms with Gasteiger partial charge in [-0.05, 0) is 61.0 Å². The molecule has 7 heteroatoms. The van der Waals surface area contributed by atoms with Crippen LogP contribution in [0.3, 0.4) is 0 Å². The van der Waals surface area contributed by atoms with Crippen molar-refractivity contribution in [3.8, 4) is 0 Å². The SMILES string of the molecule is Cc1ccccc1C(=O)N1CCN(c2ccc(NC(=O)c3ccc(F)cc3)cc2Cl)CC1. The smallest absolute Gasteiger partial charge is 0.255 e. The molecule has 3 aromatic rings. The largest absolute Gasteiger partial charge is 0.367 e. The van der Waals surface area contributed by atoms with Crippen molar-refractivity contribution >= 4 is 34.8 Å². The van der Waals surface area contributed by atoms with Gasteiger partial charge in [-0.15, -0.1) is 0 Å². The van der Waals surface area contributed by atoms with Crippen LogP contribution >= 0.6 is 11.6 Å². The van der Waals surface area contributed by atoms with Crippen LogP contribution in [-0.4, -0.2) is 42.9 Å². The molecule has 1 heterocycles. The number of amides is 2. The number of carbonyl (C=O) groups excluding carboxylic acids is 2. The van der Waals surface area contributed by atoms with Gasteiger partial charge in [-0.1, -0.05) is 29.8 Å². The molecule has 1 saturated heterocycles. The first-order chi connectivity index (χ1) is 15.4. The summed E-state index contributed by atoms with van der Waals surface area (Å²) in [5, 5.41) is 3.29. The number of aryl methyl sites for hydroxylation is 1. The molecule has 0 aliphatic carbocycles. The quantitative estimate of drug-likeness (QED) is 0.607. The van der Waals surface area contributed by atoms with Gasteiger partial charge in [-0.2, -0.15) is 0 Å². The van der Waals surface area contributed by atoms with E-state index in [4.69, 9.17) is 11.6 Å². The average molecular weight is 452 g/mol. The maximum atomic E-state index is 13.0. The molecule has 0 bridgehead atoms. The fourth-order valence-electron chi connectivity index (χ4n) is 3.78. The second kappa shape index (κ2) is 9.40. The Morgan fingerprint density at radius 2 is 1.62 bits per heavy atom. The molecular formula is C25H23ClFN3O2. The number of carbonyl (C=O) groups is 2. The van der Waals surface area contributed by atoms with Gasteiger partial charge in [-0.3, -0.25) is 9.59 Å². The van der Waals surface area contributed by atoms with Crippen LogP contribution in [0.15, 0.2) is 66.7 Å². The van der Waals surface area contributed by atoms with E-state index in [1.807, 2.05) is 42.2 Å². The Bertz CT molecular complexity index is 1140. The summed E-state index contributed by atoms with van der Waals surface area (Å²) in [5.74, 6) is -0.681. The summed E-state index contributed by atoms with van der Waals surface area (Å²) >= 11 is 6.51. The standard InChI is InChI=1S/C25H23ClFN3O2/c1-17-4-2-3-5-21(17)25(32)30-14-12-29(13-15-30)23-11-10-20(16-22(23)26)28-24(31)18-6-8-19(27)9-7-18/h2-11,16H,12-15H2,1H3,(H,28,31). The molecule has 164 valence electrons. The van der Waals surface area contributed by atoms with Crippen LogP contribution in [0, 0.1) is 12.7 Å². The van der Waals surface area contributed by atoms with Gasteiger partial charge in [0.05, 0.1) is 10.7 Å². The number of anilines is 2. The molecule has 1 aliphatic heterocycles. The molecule has 32 heavy (non-hydrogen) atoms. The van der Waals surface area contributed by atoms with Crippen molar-refractivity contribution in [3.63, 3.8) is 0 Å². The molecule has 0 aromatic heterocycles. The number of hydrogen-bond donors (Lipinski definition) is 1. The predicted octanol–water partition coefficient (Wildman–Crippen LogP) is 5.00. The van der Waals surface area contributed by atoms with Crippen LogP contribution in [0.2, 0.25) is 5.02 Å². The van der Waals surface area contributed by atoms with Crippen LogP contribution in [0.4, 0.5) is 15.8 Å². The lowest BCUT2D eigenvalue weighted by Gasteiger charge is -2.36. The molecule has 1 aliphatic rings. The monoisotopic (exact) mass is 451 g/mol. The lowest BCUT2D eigenvalue weighted by atomic mass is 10.1. The molecule has 3 aromatic carbocycles. The molecule has 0 radical (unpaired) electrons. The Kier molecular flexibility index (Phi) is 6.42. The van der Waals surface area contributed by atoms with Gasteiger partial charge in [0.25, 0.3) is 11.8 Å². The number of rotatable bonds is 4. The van der Waals surface area contributed by atoms with Crippen molar-refractivity contribution in [2.24, 2.45) is 0 Å². The summed E-state index contributed by atoms with van der Waals surface area (Å²) in [4.78, 5) is 29.2. The van der Waals surface area contributed by atoms with Crippen LogP contribution in [0.1, 0.15) is 26.3 Å². The Morgan fingerprint density at radius 3 is 2.28 bits per heavy atom. The van der Waals surface area contributed by atoms with Gasteiger partial charge in [0.2, 0.25) is 0 Å². The minimum absolute atomic E-state index is 0.0488. The van der Waals surface area contributed by atoms with Crippen molar-refractivity contribution < 1.29 is 14.0 Å². The van der Waals surface area contributed by atoms with Gasteiger partial charge < -0.3 is 15.1 Å². The fraction of sp³-hybridized carbons (Fsp3) is 0.200. The normalized spacial score (nSPS) is 13.7. The van der Waals surface area contributed by atoms with Gasteiger partial charge in [0, 0.05) is 43.0 Å². The van der Waals surface area contributed by atoms with Crippen molar-refractivity contribution in [1.29, 1.82) is 0 Å². The molecule has 0 spiro atoms. The molecular weight excluding hydrogens is 429 g/mol. The molecule has 0 atom stereocenters. The first-order valence-electron chi connectivity index (χ1n) is 10.4. The molecule has 0 saturated carbocycles. The van der Waals surface area contributed by atoms with Crippen molar-refractivity contribution in [1.82, 2.24) is 4.90 Å². The minimum Gasteiger partial charge on any atom is -0.367 e. The topological polar surface area (TPSA) is 52.7 Å². The minimum atomic E-state index is -0.394. The Morgan fingerprint density at radius 1 is 0.938 bits per heavy atom. The number of nitrogens with zero attached hydrogens (tertiary/aromatic N) is 2. The van der Waals surface area contributed by atoms with Gasteiger partial charge in [0.1, 0.15) is 5.82 Å². The zero-order chi connectivity index (χ0) is 22.7. The van der Waals surface area contributed by atoms with E-state index in [2.05, 4.69) is 10.2 Å². The summed E-state index contributed by atoms with van der Waals surface area (Å²) in [6.07, 6.45) is 0. The van der Waals surface area contributed by atoms with E-state index in [1.54, 1.807) is 12.1 Å².